The SMILES string of the molecule is CCOc1ccc(S(=O)(=O)N2CCC(c3ccccc3)C2)cc1C. The number of hydrogen-bond donors (Lipinski definition) is 0. The largest absolute Gasteiger partial charge is 0.494 e. The van der Waals surface area contributed by atoms with E-state index >= 15 is 0 Å². The second-order valence-electron chi connectivity index (χ2n) is 6.12. The molecule has 4 nitrogen and oxygen atoms in total. The minimum absolute atomic E-state index is 0.268. The van der Waals surface area contributed by atoms with Gasteiger partial charge >= 0.3 is 0 Å². The van der Waals surface area contributed by atoms with E-state index in [0.717, 1.165) is 17.7 Å². The summed E-state index contributed by atoms with van der Waals surface area (Å²) in [4.78, 5) is 0.345. The number of aryl methyl sites for hydroxylation is 1. The summed E-state index contributed by atoms with van der Waals surface area (Å²) >= 11 is 0. The molecule has 2 aromatic rings. The van der Waals surface area contributed by atoms with Gasteiger partial charge in [-0.3, -0.25) is 0 Å². The minimum atomic E-state index is -3.46. The van der Waals surface area contributed by atoms with Gasteiger partial charge < -0.3 is 4.74 Å². The van der Waals surface area contributed by atoms with Gasteiger partial charge in [-0.2, -0.15) is 4.31 Å². The van der Waals surface area contributed by atoms with Crippen molar-refractivity contribution in [1.29, 1.82) is 0 Å². The molecule has 1 aliphatic rings. The van der Waals surface area contributed by atoms with Crippen LogP contribution in [0.15, 0.2) is 53.4 Å². The molecule has 0 spiro atoms. The fourth-order valence-corrected chi connectivity index (χ4v) is 4.78. The van der Waals surface area contributed by atoms with Gasteiger partial charge in [0.1, 0.15) is 5.75 Å². The van der Waals surface area contributed by atoms with E-state index in [4.69, 9.17) is 4.74 Å². The molecule has 0 bridgehead atoms. The number of nitrogens with zero attached hydrogens (tertiary/aromatic N) is 1. The number of sulfonamides is 1. The van der Waals surface area contributed by atoms with E-state index in [0.29, 0.717) is 24.6 Å². The van der Waals surface area contributed by atoms with E-state index in [9.17, 15) is 8.42 Å². The van der Waals surface area contributed by atoms with E-state index in [1.54, 1.807) is 22.5 Å². The van der Waals surface area contributed by atoms with Crippen LogP contribution in [0.25, 0.3) is 0 Å². The van der Waals surface area contributed by atoms with Crippen molar-refractivity contribution in [3.8, 4) is 5.75 Å². The van der Waals surface area contributed by atoms with Crippen molar-refractivity contribution in [3.63, 3.8) is 0 Å². The Morgan fingerprint density at radius 2 is 1.92 bits per heavy atom. The molecule has 0 saturated carbocycles. The van der Waals surface area contributed by atoms with Crippen LogP contribution in [0.2, 0.25) is 0 Å². The van der Waals surface area contributed by atoms with Gasteiger partial charge in [-0.15, -0.1) is 0 Å². The quantitative estimate of drug-likeness (QED) is 0.832. The van der Waals surface area contributed by atoms with Crippen LogP contribution < -0.4 is 4.74 Å². The third-order valence-electron chi connectivity index (χ3n) is 4.51. The van der Waals surface area contributed by atoms with Crippen LogP contribution in [0.5, 0.6) is 5.75 Å². The zero-order valence-electron chi connectivity index (χ0n) is 14.1. The minimum Gasteiger partial charge on any atom is -0.494 e. The number of benzene rings is 2. The van der Waals surface area contributed by atoms with Crippen molar-refractivity contribution in [2.24, 2.45) is 0 Å². The van der Waals surface area contributed by atoms with E-state index in [-0.39, 0.29) is 5.92 Å². The molecule has 1 atom stereocenters. The molecule has 1 saturated heterocycles. The standard InChI is InChI=1S/C19H23NO3S/c1-3-23-19-10-9-18(13-15(19)2)24(21,22)20-12-11-17(14-20)16-7-5-4-6-8-16/h4-10,13,17H,3,11-12,14H2,1-2H3. The van der Waals surface area contributed by atoms with Gasteiger partial charge in [0, 0.05) is 13.1 Å². The van der Waals surface area contributed by atoms with Crippen LogP contribution in [-0.2, 0) is 10.0 Å². The number of ether oxygens (including phenoxy) is 1. The van der Waals surface area contributed by atoms with Gasteiger partial charge in [0.05, 0.1) is 11.5 Å². The summed E-state index contributed by atoms with van der Waals surface area (Å²) in [6.45, 7) is 5.46. The predicted molar refractivity (Wildman–Crippen MR) is 94.9 cm³/mol. The highest BCUT2D eigenvalue weighted by Gasteiger charge is 2.33. The normalized spacial score (nSPS) is 18.7. The fraction of sp³-hybridized carbons (Fsp3) is 0.368. The van der Waals surface area contributed by atoms with Crippen LogP contribution in [0.3, 0.4) is 0 Å². The molecule has 3 rings (SSSR count). The average Bonchev–Trinajstić information content (AvgIpc) is 3.08. The summed E-state index contributed by atoms with van der Waals surface area (Å²) in [6.07, 6.45) is 0.860. The van der Waals surface area contributed by atoms with Crippen molar-refractivity contribution >= 4 is 10.0 Å². The number of rotatable bonds is 5. The van der Waals surface area contributed by atoms with Crippen LogP contribution in [0, 0.1) is 6.92 Å². The highest BCUT2D eigenvalue weighted by Crippen LogP contribution is 2.32. The van der Waals surface area contributed by atoms with E-state index in [2.05, 4.69) is 12.1 Å². The van der Waals surface area contributed by atoms with Gasteiger partial charge in [0.2, 0.25) is 10.0 Å². The molecule has 128 valence electrons. The third kappa shape index (κ3) is 3.32. The third-order valence-corrected chi connectivity index (χ3v) is 6.37. The van der Waals surface area contributed by atoms with Gasteiger partial charge in [-0.1, -0.05) is 30.3 Å². The first kappa shape index (κ1) is 17.0. The molecular weight excluding hydrogens is 322 g/mol. The summed E-state index contributed by atoms with van der Waals surface area (Å²) in [5.74, 6) is 1.00. The summed E-state index contributed by atoms with van der Waals surface area (Å²) in [7, 11) is -3.46. The molecule has 0 aromatic heterocycles. The van der Waals surface area contributed by atoms with Crippen LogP contribution in [0.1, 0.15) is 30.4 Å². The fourth-order valence-electron chi connectivity index (χ4n) is 3.19. The summed E-state index contributed by atoms with van der Waals surface area (Å²) < 4.78 is 32.9. The summed E-state index contributed by atoms with van der Waals surface area (Å²) in [5, 5.41) is 0. The highest BCUT2D eigenvalue weighted by molar-refractivity contribution is 7.89. The van der Waals surface area contributed by atoms with Gasteiger partial charge in [-0.05, 0) is 55.5 Å². The van der Waals surface area contributed by atoms with Crippen LogP contribution in [0.4, 0.5) is 0 Å². The lowest BCUT2D eigenvalue weighted by Crippen LogP contribution is -2.28. The Labute approximate surface area is 144 Å². The van der Waals surface area contributed by atoms with E-state index < -0.39 is 10.0 Å². The van der Waals surface area contributed by atoms with Gasteiger partial charge in [0.25, 0.3) is 0 Å². The Hall–Kier alpha value is -1.85. The molecule has 0 aliphatic carbocycles. The van der Waals surface area contributed by atoms with E-state index in [1.807, 2.05) is 32.0 Å². The second-order valence-corrected chi connectivity index (χ2v) is 8.06. The molecule has 0 radical (unpaired) electrons. The zero-order valence-corrected chi connectivity index (χ0v) is 14.9. The summed E-state index contributed by atoms with van der Waals surface area (Å²) in [6, 6.07) is 15.2. The smallest absolute Gasteiger partial charge is 0.243 e. The molecule has 24 heavy (non-hydrogen) atoms. The Bertz CT molecular complexity index is 803. The maximum atomic E-state index is 12.9. The lowest BCUT2D eigenvalue weighted by atomic mass is 9.99. The van der Waals surface area contributed by atoms with Gasteiger partial charge in [-0.25, -0.2) is 8.42 Å². The molecule has 0 N–H and O–H groups in total. The maximum absolute atomic E-state index is 12.9. The monoisotopic (exact) mass is 345 g/mol. The van der Waals surface area contributed by atoms with Gasteiger partial charge in [0.15, 0.2) is 0 Å². The lowest BCUT2D eigenvalue weighted by molar-refractivity contribution is 0.337. The van der Waals surface area contributed by atoms with Crippen molar-refractivity contribution in [2.75, 3.05) is 19.7 Å². The Morgan fingerprint density at radius 3 is 2.58 bits per heavy atom. The predicted octanol–water partition coefficient (Wildman–Crippen LogP) is 3.57. The highest BCUT2D eigenvalue weighted by atomic mass is 32.2. The molecule has 1 fully saturated rings. The Kier molecular flexibility index (Phi) is 4.92. The molecular formula is C19H23NO3S. The molecule has 0 amide bonds. The lowest BCUT2D eigenvalue weighted by Gasteiger charge is -2.18. The second kappa shape index (κ2) is 6.95. The first-order chi connectivity index (χ1) is 11.5. The maximum Gasteiger partial charge on any atom is 0.243 e. The zero-order chi connectivity index (χ0) is 17.2. The summed E-state index contributed by atoms with van der Waals surface area (Å²) in [5.41, 5.74) is 2.05. The van der Waals surface area contributed by atoms with Crippen LogP contribution >= 0.6 is 0 Å². The molecule has 1 heterocycles. The van der Waals surface area contributed by atoms with Crippen molar-refractivity contribution in [1.82, 2.24) is 4.31 Å². The Balaban J connectivity index is 1.80. The molecule has 1 unspecified atom stereocenters. The van der Waals surface area contributed by atoms with Crippen molar-refractivity contribution in [3.05, 3.63) is 59.7 Å². The first-order valence-corrected chi connectivity index (χ1v) is 9.75. The van der Waals surface area contributed by atoms with Crippen molar-refractivity contribution < 1.29 is 13.2 Å². The Morgan fingerprint density at radius 1 is 1.17 bits per heavy atom. The van der Waals surface area contributed by atoms with Crippen LogP contribution in [-0.4, -0.2) is 32.4 Å². The molecule has 1 aliphatic heterocycles. The number of hydrogen-bond acceptors (Lipinski definition) is 3. The molecule has 5 heteroatoms. The topological polar surface area (TPSA) is 46.6 Å². The average molecular weight is 345 g/mol. The van der Waals surface area contributed by atoms with Crippen molar-refractivity contribution in [2.45, 2.75) is 31.1 Å². The van der Waals surface area contributed by atoms with E-state index in [1.165, 1.54) is 5.56 Å². The first-order valence-electron chi connectivity index (χ1n) is 8.31. The molecule has 2 aromatic carbocycles.